The maximum absolute atomic E-state index is 13.6. The molecule has 5 heterocycles. The second-order valence-corrected chi connectivity index (χ2v) is 14.0. The minimum Gasteiger partial charge on any atom is -0.354 e. The Morgan fingerprint density at radius 3 is 2.56 bits per heavy atom. The molecule has 1 fully saturated rings. The number of rotatable bonds is 9. The van der Waals surface area contributed by atoms with Crippen LogP contribution in [0.5, 0.6) is 0 Å². The van der Waals surface area contributed by atoms with Crippen LogP contribution in [0.15, 0.2) is 78.6 Å². The first kappa shape index (κ1) is 34.5. The summed E-state index contributed by atoms with van der Waals surface area (Å²) in [5.41, 5.74) is 8.43. The van der Waals surface area contributed by atoms with Crippen LogP contribution in [0.3, 0.4) is 0 Å². The van der Waals surface area contributed by atoms with Crippen LogP contribution in [0.25, 0.3) is 11.0 Å². The number of nitrogens with zero attached hydrogens (tertiary/aromatic N) is 6. The Kier molecular flexibility index (Phi) is 9.01. The molecule has 3 aliphatic heterocycles. The minimum absolute atomic E-state index is 0.0210. The van der Waals surface area contributed by atoms with Crippen molar-refractivity contribution in [3.05, 3.63) is 106 Å². The van der Waals surface area contributed by atoms with E-state index in [1.165, 1.54) is 11.6 Å². The SMILES string of the molecule is Cc1cccc(C)c1Nc1nn(C)c2nc(Nc3ccc4c(c3)CN(C(=O)Cc3cccc(NC5=CC(=O)N(C6CCCNC6=O)C5=O)c3)CC4)ncc12. The van der Waals surface area contributed by atoms with Gasteiger partial charge in [-0.25, -0.2) is 9.67 Å². The molecule has 14 nitrogen and oxygen atoms in total. The number of carbonyl (C=O) groups excluding carboxylic acids is 4. The fourth-order valence-corrected chi connectivity index (χ4v) is 7.37. The number of amides is 4. The Labute approximate surface area is 311 Å². The highest BCUT2D eigenvalue weighted by molar-refractivity contribution is 6.19. The molecule has 5 aromatic rings. The Bertz CT molecular complexity index is 2360. The maximum atomic E-state index is 13.6. The summed E-state index contributed by atoms with van der Waals surface area (Å²) < 4.78 is 1.74. The Morgan fingerprint density at radius 1 is 0.944 bits per heavy atom. The van der Waals surface area contributed by atoms with Crippen LogP contribution in [0, 0.1) is 13.8 Å². The van der Waals surface area contributed by atoms with Crippen LogP contribution in [-0.4, -0.2) is 72.3 Å². The van der Waals surface area contributed by atoms with Gasteiger partial charge in [-0.15, -0.1) is 0 Å². The number of nitrogens with one attached hydrogen (secondary N) is 4. The van der Waals surface area contributed by atoms with Gasteiger partial charge < -0.3 is 26.2 Å². The summed E-state index contributed by atoms with van der Waals surface area (Å²) in [5, 5.41) is 18.0. The summed E-state index contributed by atoms with van der Waals surface area (Å²) in [7, 11) is 1.86. The summed E-state index contributed by atoms with van der Waals surface area (Å²) in [6.45, 7) is 5.72. The van der Waals surface area contributed by atoms with Crippen molar-refractivity contribution in [3.63, 3.8) is 0 Å². The Hall–Kier alpha value is -6.57. The molecule has 0 aliphatic carbocycles. The molecule has 3 aliphatic rings. The minimum atomic E-state index is -0.810. The lowest BCUT2D eigenvalue weighted by atomic mass is 9.98. The topological polar surface area (TPSA) is 166 Å². The number of carbonyl (C=O) groups is 4. The van der Waals surface area contributed by atoms with Gasteiger partial charge in [0.2, 0.25) is 17.8 Å². The summed E-state index contributed by atoms with van der Waals surface area (Å²) >= 11 is 0. The fraction of sp³-hybridized carbons (Fsp3) is 0.275. The highest BCUT2D eigenvalue weighted by Gasteiger charge is 2.41. The molecule has 274 valence electrons. The van der Waals surface area contributed by atoms with Crippen molar-refractivity contribution >= 4 is 63.5 Å². The highest BCUT2D eigenvalue weighted by atomic mass is 16.2. The quantitative estimate of drug-likeness (QED) is 0.159. The first-order chi connectivity index (χ1) is 26.1. The van der Waals surface area contributed by atoms with Crippen molar-refractivity contribution in [2.75, 3.05) is 29.0 Å². The zero-order valence-electron chi connectivity index (χ0n) is 30.3. The summed E-state index contributed by atoms with van der Waals surface area (Å²) in [5.74, 6) is -0.269. The molecule has 0 spiro atoms. The van der Waals surface area contributed by atoms with Crippen LogP contribution in [0.2, 0.25) is 0 Å². The van der Waals surface area contributed by atoms with E-state index in [0.717, 1.165) is 50.3 Å². The normalized spacial score (nSPS) is 17.0. The van der Waals surface area contributed by atoms with Crippen molar-refractivity contribution in [2.24, 2.45) is 7.05 Å². The number of anilines is 5. The van der Waals surface area contributed by atoms with Crippen LogP contribution in [0.4, 0.5) is 28.8 Å². The number of fused-ring (bicyclic) bond motifs is 2. The van der Waals surface area contributed by atoms with Crippen molar-refractivity contribution < 1.29 is 19.2 Å². The molecule has 4 amide bonds. The third-order valence-electron chi connectivity index (χ3n) is 10.2. The van der Waals surface area contributed by atoms with E-state index in [2.05, 4.69) is 63.4 Å². The van der Waals surface area contributed by atoms with Crippen molar-refractivity contribution in [1.29, 1.82) is 0 Å². The summed E-state index contributed by atoms with van der Waals surface area (Å²) in [4.78, 5) is 63.9. The molecule has 0 radical (unpaired) electrons. The van der Waals surface area contributed by atoms with E-state index in [4.69, 9.17) is 4.98 Å². The number of hydrogen-bond acceptors (Lipinski definition) is 10. The van der Waals surface area contributed by atoms with Crippen LogP contribution in [0.1, 0.15) is 40.7 Å². The van der Waals surface area contributed by atoms with Crippen LogP contribution < -0.4 is 21.3 Å². The third kappa shape index (κ3) is 6.73. The molecule has 1 atom stereocenters. The van der Waals surface area contributed by atoms with Gasteiger partial charge in [-0.3, -0.25) is 24.1 Å². The fourth-order valence-electron chi connectivity index (χ4n) is 7.37. The van der Waals surface area contributed by atoms with Gasteiger partial charge in [-0.1, -0.05) is 36.4 Å². The molecular weight excluding hydrogens is 685 g/mol. The number of para-hydroxylation sites is 1. The number of imide groups is 1. The van der Waals surface area contributed by atoms with Gasteiger partial charge >= 0.3 is 0 Å². The number of benzene rings is 3. The zero-order valence-corrected chi connectivity index (χ0v) is 30.3. The molecule has 1 unspecified atom stereocenters. The molecule has 4 N–H and O–H groups in total. The van der Waals surface area contributed by atoms with Gasteiger partial charge in [0.1, 0.15) is 11.7 Å². The second-order valence-electron chi connectivity index (χ2n) is 14.0. The lowest BCUT2D eigenvalue weighted by Crippen LogP contribution is -2.53. The van der Waals surface area contributed by atoms with E-state index < -0.39 is 17.9 Å². The molecule has 2 aromatic heterocycles. The number of hydrogen-bond donors (Lipinski definition) is 4. The first-order valence-corrected chi connectivity index (χ1v) is 18.0. The summed E-state index contributed by atoms with van der Waals surface area (Å²) in [6, 6.07) is 18.7. The van der Waals surface area contributed by atoms with Gasteiger partial charge in [-0.05, 0) is 85.2 Å². The van der Waals surface area contributed by atoms with E-state index in [-0.39, 0.29) is 23.9 Å². The van der Waals surface area contributed by atoms with E-state index in [9.17, 15) is 19.2 Å². The van der Waals surface area contributed by atoms with E-state index in [1.54, 1.807) is 29.1 Å². The van der Waals surface area contributed by atoms with E-state index >= 15 is 0 Å². The maximum Gasteiger partial charge on any atom is 0.278 e. The van der Waals surface area contributed by atoms with Crippen molar-refractivity contribution in [1.82, 2.24) is 34.9 Å². The first-order valence-electron chi connectivity index (χ1n) is 18.0. The van der Waals surface area contributed by atoms with Gasteiger partial charge in [0.05, 0.1) is 11.8 Å². The molecule has 0 saturated carbocycles. The van der Waals surface area contributed by atoms with Crippen molar-refractivity contribution in [3.8, 4) is 0 Å². The van der Waals surface area contributed by atoms with Gasteiger partial charge in [0.15, 0.2) is 11.5 Å². The largest absolute Gasteiger partial charge is 0.354 e. The average Bonchev–Trinajstić information content (AvgIpc) is 3.62. The smallest absolute Gasteiger partial charge is 0.278 e. The molecular formula is C40H40N10O4. The lowest BCUT2D eigenvalue weighted by Gasteiger charge is -2.29. The molecule has 0 bridgehead atoms. The molecule has 3 aromatic carbocycles. The standard InChI is InChI=1S/C40H40N10O4/c1-23-7-4-8-24(2)35(23)45-36-30-21-42-40(46-37(30)48(3)47-36)44-29-13-12-26-14-16-49(22-27(26)19-29)33(51)18-25-9-5-10-28(17-25)43-31-20-34(52)50(39(31)54)32-11-6-15-41-38(32)53/h4-5,7-10,12-13,17,19-21,32,43H,6,11,14-16,18,22H2,1-3H3,(H,41,53)(H,45,47)(H,42,44,46). The number of aromatic nitrogens is 4. The van der Waals surface area contributed by atoms with E-state index in [0.29, 0.717) is 55.6 Å². The molecule has 54 heavy (non-hydrogen) atoms. The zero-order chi connectivity index (χ0) is 37.5. The average molecular weight is 725 g/mol. The van der Waals surface area contributed by atoms with E-state index in [1.807, 2.05) is 36.2 Å². The van der Waals surface area contributed by atoms with Crippen LogP contribution in [-0.2, 0) is 45.6 Å². The monoisotopic (exact) mass is 724 g/mol. The predicted octanol–water partition coefficient (Wildman–Crippen LogP) is 4.54. The Balaban J connectivity index is 0.911. The molecule has 1 saturated heterocycles. The second kappa shape index (κ2) is 14.1. The molecule has 14 heteroatoms. The van der Waals surface area contributed by atoms with Crippen molar-refractivity contribution in [2.45, 2.75) is 52.1 Å². The van der Waals surface area contributed by atoms with Gasteiger partial charge in [-0.2, -0.15) is 10.1 Å². The van der Waals surface area contributed by atoms with Gasteiger partial charge in [0, 0.05) is 56.0 Å². The lowest BCUT2D eigenvalue weighted by molar-refractivity contribution is -0.146. The highest BCUT2D eigenvalue weighted by Crippen LogP contribution is 2.30. The predicted molar refractivity (Wildman–Crippen MR) is 204 cm³/mol. The summed E-state index contributed by atoms with van der Waals surface area (Å²) in [6.07, 6.45) is 5.02. The Morgan fingerprint density at radius 2 is 1.74 bits per heavy atom. The molecule has 8 rings (SSSR count). The number of piperidine rings is 1. The number of aryl methyl sites for hydroxylation is 3. The van der Waals surface area contributed by atoms with Gasteiger partial charge in [0.25, 0.3) is 11.8 Å². The van der Waals surface area contributed by atoms with Crippen LogP contribution >= 0.6 is 0 Å². The third-order valence-corrected chi connectivity index (χ3v) is 10.2.